The zero-order valence-electron chi connectivity index (χ0n) is 18.4. The van der Waals surface area contributed by atoms with E-state index in [1.165, 1.54) is 16.7 Å². The topological polar surface area (TPSA) is 183 Å². The average Bonchev–Trinajstić information content (AvgIpc) is 3.35. The minimum Gasteiger partial charge on any atom is -0.387 e. The van der Waals surface area contributed by atoms with Crippen LogP contribution in [-0.4, -0.2) is 65.8 Å². The van der Waals surface area contributed by atoms with Crippen molar-refractivity contribution in [2.75, 3.05) is 18.3 Å². The molecule has 0 radical (unpaired) electrons. The smallest absolute Gasteiger partial charge is 0.350 e. The third kappa shape index (κ3) is 5.50. The Hall–Kier alpha value is -2.95. The number of hydrogen-bond acceptors (Lipinski definition) is 9. The van der Waals surface area contributed by atoms with Gasteiger partial charge in [0.25, 0.3) is 0 Å². The summed E-state index contributed by atoms with van der Waals surface area (Å²) in [6.45, 7) is 1.48. The van der Waals surface area contributed by atoms with Crippen molar-refractivity contribution in [3.8, 4) is 6.07 Å². The van der Waals surface area contributed by atoms with Gasteiger partial charge in [-0.15, -0.1) is 0 Å². The lowest BCUT2D eigenvalue weighted by Gasteiger charge is -2.19. The maximum absolute atomic E-state index is 13.3. The number of benzene rings is 1. The Morgan fingerprint density at radius 2 is 1.97 bits per heavy atom. The number of hydrogen-bond donors (Lipinski definition) is 5. The fraction of sp³-hybridized carbons (Fsp3) is 0.381. The first-order valence-corrected chi connectivity index (χ1v) is 12.3. The number of anilines is 1. The number of aliphatic hydroxyl groups is 2. The number of nitrogens with zero attached hydrogens (tertiary/aromatic N) is 4. The van der Waals surface area contributed by atoms with Gasteiger partial charge in [0.15, 0.2) is 6.23 Å². The van der Waals surface area contributed by atoms with Crippen molar-refractivity contribution in [1.82, 2.24) is 14.5 Å². The van der Waals surface area contributed by atoms with Crippen LogP contribution in [0.1, 0.15) is 30.6 Å². The van der Waals surface area contributed by atoms with Gasteiger partial charge >= 0.3 is 7.60 Å². The number of nitriles is 1. The molecule has 1 saturated heterocycles. The molecule has 1 aromatic carbocycles. The lowest BCUT2D eigenvalue weighted by Crippen LogP contribution is -2.33. The molecule has 5 N–H and O–H groups in total. The molecule has 0 spiro atoms. The van der Waals surface area contributed by atoms with Crippen molar-refractivity contribution >= 4 is 24.4 Å². The standard InChI is InChI=1S/C21H23FN5O7P/c1-11(12-2-4-13(22)5-3-12)24-19-14-6-7-27(20(14)26-16(8-23)25-19)21-18(29)17(28)15(34-21)9-33-10-35(30,31)32/h2-7,11,15,17-18,21,28-29H,9-10H2,1H3,(H,24,25,26)(H2,30,31,32)/t11-,15+,17+,18+,21+/m0/s1. The summed E-state index contributed by atoms with van der Waals surface area (Å²) in [7, 11) is -4.41. The van der Waals surface area contributed by atoms with Gasteiger partial charge in [0.1, 0.15) is 48.0 Å². The fourth-order valence-corrected chi connectivity index (χ4v) is 4.17. The van der Waals surface area contributed by atoms with Crippen LogP contribution < -0.4 is 5.32 Å². The van der Waals surface area contributed by atoms with E-state index >= 15 is 0 Å². The zero-order chi connectivity index (χ0) is 25.3. The Bertz CT molecular complexity index is 1290. The molecular formula is C21H23FN5O7P. The number of halogens is 1. The molecule has 0 amide bonds. The molecule has 0 unspecified atom stereocenters. The van der Waals surface area contributed by atoms with E-state index < -0.39 is 38.5 Å². The third-order valence-electron chi connectivity index (χ3n) is 5.55. The molecule has 0 saturated carbocycles. The Kier molecular flexibility index (Phi) is 7.16. The molecule has 4 rings (SSSR count). The van der Waals surface area contributed by atoms with E-state index in [2.05, 4.69) is 15.3 Å². The van der Waals surface area contributed by atoms with Gasteiger partial charge in [0.05, 0.1) is 12.0 Å². The van der Waals surface area contributed by atoms with E-state index in [4.69, 9.17) is 19.3 Å². The van der Waals surface area contributed by atoms with E-state index in [9.17, 15) is 24.4 Å². The van der Waals surface area contributed by atoms with Crippen molar-refractivity contribution in [2.45, 2.75) is 37.5 Å². The minimum atomic E-state index is -4.41. The highest BCUT2D eigenvalue weighted by Gasteiger charge is 2.44. The van der Waals surface area contributed by atoms with E-state index in [0.29, 0.717) is 11.2 Å². The summed E-state index contributed by atoms with van der Waals surface area (Å²) in [6.07, 6.45) is -4.30. The molecule has 12 nitrogen and oxygen atoms in total. The van der Waals surface area contributed by atoms with Gasteiger partial charge in [-0.05, 0) is 30.7 Å². The van der Waals surface area contributed by atoms with Gasteiger partial charge in [0, 0.05) is 12.2 Å². The molecule has 3 aromatic rings. The van der Waals surface area contributed by atoms with Crippen molar-refractivity contribution in [2.24, 2.45) is 0 Å². The summed E-state index contributed by atoms with van der Waals surface area (Å²) >= 11 is 0. The van der Waals surface area contributed by atoms with Crippen LogP contribution in [-0.2, 0) is 14.0 Å². The van der Waals surface area contributed by atoms with E-state index in [1.54, 1.807) is 24.4 Å². The molecule has 186 valence electrons. The van der Waals surface area contributed by atoms with Crippen LogP contribution in [0, 0.1) is 17.1 Å². The summed E-state index contributed by atoms with van der Waals surface area (Å²) in [4.78, 5) is 26.3. The summed E-state index contributed by atoms with van der Waals surface area (Å²) in [6, 6.07) is 9.17. The predicted molar refractivity (Wildman–Crippen MR) is 119 cm³/mol. The summed E-state index contributed by atoms with van der Waals surface area (Å²) in [5, 5.41) is 34.1. The number of ether oxygens (including phenoxy) is 2. The van der Waals surface area contributed by atoms with Gasteiger partial charge in [-0.3, -0.25) is 4.57 Å². The zero-order valence-corrected chi connectivity index (χ0v) is 19.3. The monoisotopic (exact) mass is 507 g/mol. The van der Waals surface area contributed by atoms with Crippen LogP contribution in [0.5, 0.6) is 0 Å². The fourth-order valence-electron chi connectivity index (χ4n) is 3.82. The number of aliphatic hydroxyl groups excluding tert-OH is 2. The normalized spacial score (nSPS) is 23.3. The van der Waals surface area contributed by atoms with Crippen LogP contribution in [0.4, 0.5) is 10.2 Å². The van der Waals surface area contributed by atoms with Gasteiger partial charge < -0.3 is 39.4 Å². The lowest BCUT2D eigenvalue weighted by atomic mass is 10.1. The lowest BCUT2D eigenvalue weighted by molar-refractivity contribution is -0.0610. The summed E-state index contributed by atoms with van der Waals surface area (Å²) in [5.41, 5.74) is 1.03. The van der Waals surface area contributed by atoms with Crippen molar-refractivity contribution < 1.29 is 38.4 Å². The second kappa shape index (κ2) is 9.96. The number of nitrogens with one attached hydrogen (secondary N) is 1. The molecule has 1 fully saturated rings. The first-order valence-electron chi connectivity index (χ1n) is 10.5. The molecule has 1 aliphatic rings. The molecule has 1 aliphatic heterocycles. The largest absolute Gasteiger partial charge is 0.387 e. The van der Waals surface area contributed by atoms with Gasteiger partial charge in [-0.25, -0.2) is 14.4 Å². The Morgan fingerprint density at radius 1 is 1.26 bits per heavy atom. The second-order valence-electron chi connectivity index (χ2n) is 8.10. The van der Waals surface area contributed by atoms with E-state index in [1.807, 2.05) is 13.0 Å². The van der Waals surface area contributed by atoms with Gasteiger partial charge in [0.2, 0.25) is 5.82 Å². The molecule has 14 heteroatoms. The highest BCUT2D eigenvalue weighted by atomic mass is 31.2. The highest BCUT2D eigenvalue weighted by Crippen LogP contribution is 2.36. The van der Waals surface area contributed by atoms with Crippen LogP contribution in [0.2, 0.25) is 0 Å². The van der Waals surface area contributed by atoms with Gasteiger partial charge in [-0.2, -0.15) is 5.26 Å². The van der Waals surface area contributed by atoms with Crippen LogP contribution in [0.15, 0.2) is 36.5 Å². The van der Waals surface area contributed by atoms with Crippen molar-refractivity contribution in [1.29, 1.82) is 5.26 Å². The second-order valence-corrected chi connectivity index (χ2v) is 9.68. The van der Waals surface area contributed by atoms with Crippen LogP contribution in [0.25, 0.3) is 11.0 Å². The first-order chi connectivity index (χ1) is 16.6. The Balaban J connectivity index is 1.60. The summed E-state index contributed by atoms with van der Waals surface area (Å²) in [5.74, 6) is -0.186. The molecule has 35 heavy (non-hydrogen) atoms. The third-order valence-corrected chi connectivity index (χ3v) is 6.07. The SMILES string of the molecule is C[C@H](Nc1nc(C#N)nc2c1ccn2[C@@H]1O[C@H](COCP(=O)(O)O)[C@@H](O)[C@H]1O)c1ccc(F)cc1. The number of aromatic nitrogens is 3. The Morgan fingerprint density at radius 3 is 2.63 bits per heavy atom. The number of fused-ring (bicyclic) bond motifs is 1. The molecule has 3 heterocycles. The molecular weight excluding hydrogens is 484 g/mol. The van der Waals surface area contributed by atoms with E-state index in [-0.39, 0.29) is 29.9 Å². The Labute approximate surface area is 198 Å². The van der Waals surface area contributed by atoms with Gasteiger partial charge in [-0.1, -0.05) is 12.1 Å². The molecule has 0 aliphatic carbocycles. The van der Waals surface area contributed by atoms with Crippen LogP contribution in [0.3, 0.4) is 0 Å². The summed E-state index contributed by atoms with van der Waals surface area (Å²) < 4.78 is 36.3. The highest BCUT2D eigenvalue weighted by molar-refractivity contribution is 7.51. The van der Waals surface area contributed by atoms with Crippen LogP contribution >= 0.6 is 7.60 Å². The number of rotatable bonds is 8. The minimum absolute atomic E-state index is 0.152. The van der Waals surface area contributed by atoms with E-state index in [0.717, 1.165) is 5.56 Å². The molecule has 2 aromatic heterocycles. The van der Waals surface area contributed by atoms with Crippen molar-refractivity contribution in [3.05, 3.63) is 53.7 Å². The maximum atomic E-state index is 13.3. The predicted octanol–water partition coefficient (Wildman–Crippen LogP) is 1.39. The maximum Gasteiger partial charge on any atom is 0.350 e. The first kappa shape index (κ1) is 25.2. The quantitative estimate of drug-likeness (QED) is 0.278. The van der Waals surface area contributed by atoms with Crippen molar-refractivity contribution in [3.63, 3.8) is 0 Å². The average molecular weight is 507 g/mol. The molecule has 5 atom stereocenters. The molecule has 0 bridgehead atoms.